The summed E-state index contributed by atoms with van der Waals surface area (Å²) in [6, 6.07) is 4.04. The highest BCUT2D eigenvalue weighted by atomic mass is 35.5. The molecule has 1 aromatic carbocycles. The summed E-state index contributed by atoms with van der Waals surface area (Å²) in [7, 11) is 1.21. The van der Waals surface area contributed by atoms with Crippen LogP contribution in [0.5, 0.6) is 0 Å². The lowest BCUT2D eigenvalue weighted by molar-refractivity contribution is -0.152. The fraction of sp³-hybridized carbons (Fsp3) is 0.471. The van der Waals surface area contributed by atoms with Gasteiger partial charge in [-0.15, -0.1) is 0 Å². The number of piperidine rings is 1. The molecule has 1 saturated heterocycles. The molecule has 0 N–H and O–H groups in total. The van der Waals surface area contributed by atoms with Crippen LogP contribution in [0.25, 0.3) is 0 Å². The fourth-order valence-corrected chi connectivity index (χ4v) is 3.52. The standard InChI is InChI=1S/C17H20ClFN2O4/c1-11(22)20-9-7-17(8-10-20,16(24)25-3)21(12(2)23)15-13(18)5-4-6-14(15)19/h4-6H,7-10H2,1-3H3. The topological polar surface area (TPSA) is 66.9 Å². The van der Waals surface area contributed by atoms with Crippen molar-refractivity contribution in [2.24, 2.45) is 0 Å². The molecule has 25 heavy (non-hydrogen) atoms. The summed E-state index contributed by atoms with van der Waals surface area (Å²) in [4.78, 5) is 39.3. The van der Waals surface area contributed by atoms with Gasteiger partial charge < -0.3 is 9.64 Å². The van der Waals surface area contributed by atoms with Gasteiger partial charge in [-0.05, 0) is 25.0 Å². The molecular formula is C17H20ClFN2O4. The van der Waals surface area contributed by atoms with Crippen LogP contribution in [0.1, 0.15) is 26.7 Å². The number of benzene rings is 1. The molecule has 8 heteroatoms. The van der Waals surface area contributed by atoms with E-state index in [4.69, 9.17) is 16.3 Å². The number of carbonyl (C=O) groups excluding carboxylic acids is 3. The van der Waals surface area contributed by atoms with Crippen molar-refractivity contribution in [2.45, 2.75) is 32.2 Å². The van der Waals surface area contributed by atoms with E-state index in [0.29, 0.717) is 0 Å². The Hall–Kier alpha value is -2.15. The average Bonchev–Trinajstić information content (AvgIpc) is 2.57. The second-order valence-electron chi connectivity index (χ2n) is 5.95. The van der Waals surface area contributed by atoms with Crippen LogP contribution in [0.4, 0.5) is 10.1 Å². The third kappa shape index (κ3) is 3.46. The van der Waals surface area contributed by atoms with Gasteiger partial charge >= 0.3 is 5.97 Å². The van der Waals surface area contributed by atoms with Crippen molar-refractivity contribution in [3.05, 3.63) is 29.0 Å². The highest BCUT2D eigenvalue weighted by Crippen LogP contribution is 2.39. The predicted molar refractivity (Wildman–Crippen MR) is 90.8 cm³/mol. The van der Waals surface area contributed by atoms with Crippen LogP contribution < -0.4 is 4.90 Å². The molecule has 0 aromatic heterocycles. The Morgan fingerprint density at radius 3 is 2.28 bits per heavy atom. The number of methoxy groups -OCH3 is 1. The minimum Gasteiger partial charge on any atom is -0.467 e. The molecule has 136 valence electrons. The third-order valence-corrected chi connectivity index (χ3v) is 4.81. The zero-order valence-corrected chi connectivity index (χ0v) is 15.1. The van der Waals surface area contributed by atoms with Gasteiger partial charge in [0.15, 0.2) is 0 Å². The third-order valence-electron chi connectivity index (χ3n) is 4.51. The molecule has 0 unspecified atom stereocenters. The Kier molecular flexibility index (Phi) is 5.67. The largest absolute Gasteiger partial charge is 0.467 e. The monoisotopic (exact) mass is 370 g/mol. The second-order valence-corrected chi connectivity index (χ2v) is 6.36. The molecule has 1 aromatic rings. The molecule has 6 nitrogen and oxygen atoms in total. The Bertz CT molecular complexity index is 682. The van der Waals surface area contributed by atoms with E-state index in [-0.39, 0.29) is 42.5 Å². The number of carbonyl (C=O) groups is 3. The molecule has 0 radical (unpaired) electrons. The molecule has 1 aliphatic rings. The van der Waals surface area contributed by atoms with E-state index in [1.807, 2.05) is 0 Å². The smallest absolute Gasteiger partial charge is 0.332 e. The van der Waals surface area contributed by atoms with Crippen LogP contribution in [0.3, 0.4) is 0 Å². The number of hydrogen-bond acceptors (Lipinski definition) is 4. The van der Waals surface area contributed by atoms with Crippen molar-refractivity contribution >= 4 is 35.1 Å². The lowest BCUT2D eigenvalue weighted by Gasteiger charge is -2.46. The Balaban J connectivity index is 2.56. The maximum absolute atomic E-state index is 14.5. The Labute approximate surface area is 150 Å². The van der Waals surface area contributed by atoms with E-state index >= 15 is 0 Å². The van der Waals surface area contributed by atoms with E-state index in [1.54, 1.807) is 4.90 Å². The maximum Gasteiger partial charge on any atom is 0.332 e. The zero-order valence-electron chi connectivity index (χ0n) is 14.3. The van der Waals surface area contributed by atoms with E-state index in [2.05, 4.69) is 0 Å². The van der Waals surface area contributed by atoms with Gasteiger partial charge in [-0.1, -0.05) is 17.7 Å². The number of halogens is 2. The van der Waals surface area contributed by atoms with Crippen molar-refractivity contribution in [2.75, 3.05) is 25.1 Å². The lowest BCUT2D eigenvalue weighted by atomic mass is 9.84. The van der Waals surface area contributed by atoms with Crippen molar-refractivity contribution in [3.63, 3.8) is 0 Å². The Morgan fingerprint density at radius 2 is 1.84 bits per heavy atom. The summed E-state index contributed by atoms with van der Waals surface area (Å²) in [5.74, 6) is -2.03. The molecule has 0 bridgehead atoms. The molecular weight excluding hydrogens is 351 g/mol. The number of likely N-dealkylation sites (tertiary alicyclic amines) is 1. The van der Waals surface area contributed by atoms with Gasteiger partial charge in [-0.2, -0.15) is 0 Å². The first kappa shape index (κ1) is 19.2. The van der Waals surface area contributed by atoms with Crippen molar-refractivity contribution in [3.8, 4) is 0 Å². The van der Waals surface area contributed by atoms with E-state index < -0.39 is 23.2 Å². The van der Waals surface area contributed by atoms with Crippen LogP contribution in [-0.2, 0) is 19.1 Å². The molecule has 1 fully saturated rings. The normalized spacial score (nSPS) is 16.3. The summed E-state index contributed by atoms with van der Waals surface area (Å²) >= 11 is 6.13. The Morgan fingerprint density at radius 1 is 1.24 bits per heavy atom. The molecule has 0 saturated carbocycles. The van der Waals surface area contributed by atoms with Gasteiger partial charge in [0.05, 0.1) is 17.8 Å². The molecule has 0 atom stereocenters. The van der Waals surface area contributed by atoms with Gasteiger partial charge in [-0.3, -0.25) is 14.5 Å². The van der Waals surface area contributed by atoms with Gasteiger partial charge in [0.2, 0.25) is 11.8 Å². The molecule has 1 heterocycles. The average molecular weight is 371 g/mol. The number of para-hydroxylation sites is 1. The number of hydrogen-bond donors (Lipinski definition) is 0. The number of anilines is 1. The highest BCUT2D eigenvalue weighted by molar-refractivity contribution is 6.34. The van der Waals surface area contributed by atoms with Crippen LogP contribution >= 0.6 is 11.6 Å². The van der Waals surface area contributed by atoms with Gasteiger partial charge in [0.25, 0.3) is 0 Å². The predicted octanol–water partition coefficient (Wildman–Crippen LogP) is 2.39. The first-order chi connectivity index (χ1) is 11.7. The van der Waals surface area contributed by atoms with Gasteiger partial charge in [0, 0.05) is 26.9 Å². The summed E-state index contributed by atoms with van der Waals surface area (Å²) in [6.45, 7) is 3.17. The molecule has 2 rings (SSSR count). The summed E-state index contributed by atoms with van der Waals surface area (Å²) in [5, 5.41) is 0.0208. The minimum absolute atomic E-state index is 0.0208. The zero-order chi connectivity index (χ0) is 18.8. The number of esters is 1. The summed E-state index contributed by atoms with van der Waals surface area (Å²) < 4.78 is 19.4. The number of amides is 2. The van der Waals surface area contributed by atoms with E-state index in [0.717, 1.165) is 4.90 Å². The van der Waals surface area contributed by atoms with Crippen molar-refractivity contribution in [1.82, 2.24) is 4.90 Å². The fourth-order valence-electron chi connectivity index (χ4n) is 3.28. The van der Waals surface area contributed by atoms with Crippen LogP contribution in [0.2, 0.25) is 5.02 Å². The van der Waals surface area contributed by atoms with E-state index in [1.165, 1.54) is 39.2 Å². The minimum atomic E-state index is -1.42. The second kappa shape index (κ2) is 7.39. The lowest BCUT2D eigenvalue weighted by Crippen LogP contribution is -2.63. The summed E-state index contributed by atoms with van der Waals surface area (Å²) in [6.07, 6.45) is 0.257. The van der Waals surface area contributed by atoms with Crippen LogP contribution in [0.15, 0.2) is 18.2 Å². The highest BCUT2D eigenvalue weighted by Gasteiger charge is 2.50. The van der Waals surface area contributed by atoms with Crippen LogP contribution in [-0.4, -0.2) is 48.4 Å². The van der Waals surface area contributed by atoms with Crippen molar-refractivity contribution in [1.29, 1.82) is 0 Å². The quantitative estimate of drug-likeness (QED) is 0.766. The van der Waals surface area contributed by atoms with Gasteiger partial charge in [-0.25, -0.2) is 9.18 Å². The molecule has 0 aliphatic carbocycles. The molecule has 2 amide bonds. The molecule has 1 aliphatic heterocycles. The maximum atomic E-state index is 14.5. The molecule has 0 spiro atoms. The number of ether oxygens (including phenoxy) is 1. The first-order valence-electron chi connectivity index (χ1n) is 7.83. The van der Waals surface area contributed by atoms with Crippen molar-refractivity contribution < 1.29 is 23.5 Å². The SMILES string of the molecule is COC(=O)C1(N(C(C)=O)c2c(F)cccc2Cl)CCN(C(C)=O)CC1. The summed E-state index contributed by atoms with van der Waals surface area (Å²) in [5.41, 5.74) is -1.57. The number of rotatable bonds is 3. The first-order valence-corrected chi connectivity index (χ1v) is 8.21. The number of nitrogens with zero attached hydrogens (tertiary/aromatic N) is 2. The van der Waals surface area contributed by atoms with Gasteiger partial charge in [0.1, 0.15) is 11.4 Å². The van der Waals surface area contributed by atoms with E-state index in [9.17, 15) is 18.8 Å². The van der Waals surface area contributed by atoms with Crippen LogP contribution in [0, 0.1) is 5.82 Å².